The Morgan fingerprint density at radius 1 is 1.20 bits per heavy atom. The third kappa shape index (κ3) is 6.22. The zero-order valence-corrected chi connectivity index (χ0v) is 12.4. The highest BCUT2D eigenvalue weighted by atomic mass is 16.6. The molecule has 1 atom stereocenters. The summed E-state index contributed by atoms with van der Waals surface area (Å²) < 4.78 is 5.18. The molecule has 2 amide bonds. The summed E-state index contributed by atoms with van der Waals surface area (Å²) in [5.74, 6) is -0.452. The van der Waals surface area contributed by atoms with Crippen molar-refractivity contribution in [1.29, 1.82) is 0 Å². The van der Waals surface area contributed by atoms with E-state index in [2.05, 4.69) is 10.6 Å². The van der Waals surface area contributed by atoms with Gasteiger partial charge in [-0.15, -0.1) is 0 Å². The number of ether oxygens (including phenoxy) is 1. The third-order valence-corrected chi connectivity index (χ3v) is 2.40. The molecule has 0 aliphatic carbocycles. The van der Waals surface area contributed by atoms with E-state index >= 15 is 0 Å². The minimum absolute atomic E-state index is 0.396. The Morgan fingerprint density at radius 2 is 1.80 bits per heavy atom. The molecular weight excluding hydrogens is 256 g/mol. The molecule has 5 heteroatoms. The lowest BCUT2D eigenvalue weighted by molar-refractivity contribution is -0.156. The van der Waals surface area contributed by atoms with Gasteiger partial charge in [0.1, 0.15) is 11.6 Å². The topological polar surface area (TPSA) is 67.4 Å². The molecule has 0 spiro atoms. The van der Waals surface area contributed by atoms with Crippen LogP contribution in [0.25, 0.3) is 0 Å². The van der Waals surface area contributed by atoms with Gasteiger partial charge in [0, 0.05) is 6.54 Å². The number of esters is 1. The van der Waals surface area contributed by atoms with Gasteiger partial charge in [0.15, 0.2) is 0 Å². The van der Waals surface area contributed by atoms with Gasteiger partial charge in [0.05, 0.1) is 0 Å². The van der Waals surface area contributed by atoms with Crippen molar-refractivity contribution >= 4 is 12.0 Å². The van der Waals surface area contributed by atoms with E-state index in [1.54, 1.807) is 27.7 Å². The first kappa shape index (κ1) is 16.0. The monoisotopic (exact) mass is 278 g/mol. The number of rotatable bonds is 4. The molecule has 20 heavy (non-hydrogen) atoms. The molecule has 0 radical (unpaired) electrons. The van der Waals surface area contributed by atoms with Crippen LogP contribution in [0.2, 0.25) is 0 Å². The largest absolute Gasteiger partial charge is 0.458 e. The first-order valence-electron chi connectivity index (χ1n) is 6.59. The second-order valence-electron chi connectivity index (χ2n) is 5.57. The van der Waals surface area contributed by atoms with Crippen molar-refractivity contribution in [2.45, 2.75) is 45.9 Å². The predicted molar refractivity (Wildman–Crippen MR) is 77.1 cm³/mol. The Balaban J connectivity index is 2.36. The molecule has 0 aliphatic heterocycles. The molecule has 5 nitrogen and oxygen atoms in total. The predicted octanol–water partition coefficient (Wildman–Crippen LogP) is 2.22. The summed E-state index contributed by atoms with van der Waals surface area (Å²) in [5.41, 5.74) is 0.431. The molecule has 110 valence electrons. The lowest BCUT2D eigenvalue weighted by Crippen LogP contribution is -2.46. The molecule has 2 N–H and O–H groups in total. The minimum Gasteiger partial charge on any atom is -0.458 e. The summed E-state index contributed by atoms with van der Waals surface area (Å²) in [5, 5.41) is 5.24. The molecule has 1 aromatic rings. The van der Waals surface area contributed by atoms with E-state index in [0.29, 0.717) is 6.54 Å². The van der Waals surface area contributed by atoms with E-state index in [0.717, 1.165) is 5.56 Å². The zero-order valence-electron chi connectivity index (χ0n) is 12.4. The Hall–Kier alpha value is -2.04. The smallest absolute Gasteiger partial charge is 0.328 e. The maximum absolute atomic E-state index is 11.7. The van der Waals surface area contributed by atoms with E-state index in [1.165, 1.54) is 0 Å². The lowest BCUT2D eigenvalue weighted by Gasteiger charge is -2.22. The second kappa shape index (κ2) is 6.93. The number of urea groups is 1. The van der Waals surface area contributed by atoms with Crippen LogP contribution < -0.4 is 10.6 Å². The van der Waals surface area contributed by atoms with Gasteiger partial charge in [-0.2, -0.15) is 0 Å². The Kier molecular flexibility index (Phi) is 5.55. The highest BCUT2D eigenvalue weighted by Crippen LogP contribution is 2.08. The summed E-state index contributed by atoms with van der Waals surface area (Å²) in [6.45, 7) is 7.36. The number of hydrogen-bond donors (Lipinski definition) is 2. The maximum Gasteiger partial charge on any atom is 0.328 e. The highest BCUT2D eigenvalue weighted by molar-refractivity contribution is 5.83. The van der Waals surface area contributed by atoms with Crippen LogP contribution in [0.15, 0.2) is 30.3 Å². The van der Waals surface area contributed by atoms with Crippen LogP contribution in [0.1, 0.15) is 33.3 Å². The average Bonchev–Trinajstić information content (AvgIpc) is 2.35. The molecule has 0 saturated heterocycles. The van der Waals surface area contributed by atoms with E-state index in [-0.39, 0.29) is 0 Å². The fraction of sp³-hybridized carbons (Fsp3) is 0.467. The van der Waals surface area contributed by atoms with Gasteiger partial charge in [-0.3, -0.25) is 0 Å². The molecule has 0 aliphatic rings. The number of carbonyl (C=O) groups excluding carboxylic acids is 2. The van der Waals surface area contributed by atoms with Gasteiger partial charge >= 0.3 is 12.0 Å². The molecule has 0 fully saturated rings. The summed E-state index contributed by atoms with van der Waals surface area (Å²) >= 11 is 0. The third-order valence-electron chi connectivity index (χ3n) is 2.40. The van der Waals surface area contributed by atoms with Crippen LogP contribution in [0.4, 0.5) is 4.79 Å². The van der Waals surface area contributed by atoms with E-state index in [9.17, 15) is 9.59 Å². The standard InChI is InChI=1S/C15H22N2O3/c1-11(13(18)20-15(2,3)4)17-14(19)16-10-12-8-6-5-7-9-12/h5-9,11H,10H2,1-4H3,(H2,16,17,19)/t11-/m0/s1. The van der Waals surface area contributed by atoms with Crippen LogP contribution in [0, 0.1) is 0 Å². The average molecular weight is 278 g/mol. The Morgan fingerprint density at radius 3 is 2.35 bits per heavy atom. The van der Waals surface area contributed by atoms with Crippen molar-refractivity contribution in [2.75, 3.05) is 0 Å². The molecular formula is C15H22N2O3. The van der Waals surface area contributed by atoms with Gasteiger partial charge in [-0.05, 0) is 33.3 Å². The zero-order chi connectivity index (χ0) is 15.2. The van der Waals surface area contributed by atoms with E-state index in [1.807, 2.05) is 30.3 Å². The summed E-state index contributed by atoms with van der Waals surface area (Å²) in [7, 11) is 0. The fourth-order valence-corrected chi connectivity index (χ4v) is 1.47. The molecule has 1 rings (SSSR count). The first-order valence-corrected chi connectivity index (χ1v) is 6.59. The molecule has 0 unspecified atom stereocenters. The SMILES string of the molecule is C[C@H](NC(=O)NCc1ccccc1)C(=O)OC(C)(C)C. The number of benzene rings is 1. The second-order valence-corrected chi connectivity index (χ2v) is 5.57. The van der Waals surface area contributed by atoms with Gasteiger partial charge in [-0.25, -0.2) is 9.59 Å². The van der Waals surface area contributed by atoms with Crippen molar-refractivity contribution in [2.24, 2.45) is 0 Å². The van der Waals surface area contributed by atoms with Crippen molar-refractivity contribution in [1.82, 2.24) is 10.6 Å². The Bertz CT molecular complexity index is 452. The van der Waals surface area contributed by atoms with Crippen LogP contribution >= 0.6 is 0 Å². The maximum atomic E-state index is 11.7. The molecule has 0 aromatic heterocycles. The minimum atomic E-state index is -0.690. The quantitative estimate of drug-likeness (QED) is 0.830. The van der Waals surface area contributed by atoms with Gasteiger partial charge in [0.25, 0.3) is 0 Å². The molecule has 1 aromatic carbocycles. The van der Waals surface area contributed by atoms with Crippen LogP contribution in [0.3, 0.4) is 0 Å². The van der Waals surface area contributed by atoms with Crippen molar-refractivity contribution in [3.8, 4) is 0 Å². The van der Waals surface area contributed by atoms with Crippen molar-refractivity contribution in [3.63, 3.8) is 0 Å². The summed E-state index contributed by atoms with van der Waals surface area (Å²) in [6.07, 6.45) is 0. The lowest BCUT2D eigenvalue weighted by atomic mass is 10.2. The van der Waals surface area contributed by atoms with Crippen molar-refractivity contribution < 1.29 is 14.3 Å². The van der Waals surface area contributed by atoms with Gasteiger partial charge in [-0.1, -0.05) is 30.3 Å². The Labute approximate surface area is 119 Å². The molecule has 0 heterocycles. The van der Waals surface area contributed by atoms with E-state index < -0.39 is 23.6 Å². The number of nitrogens with one attached hydrogen (secondary N) is 2. The number of carbonyl (C=O) groups is 2. The van der Waals surface area contributed by atoms with E-state index in [4.69, 9.17) is 4.74 Å². The van der Waals surface area contributed by atoms with Gasteiger partial charge < -0.3 is 15.4 Å². The van der Waals surface area contributed by atoms with Crippen LogP contribution in [-0.4, -0.2) is 23.6 Å². The fourth-order valence-electron chi connectivity index (χ4n) is 1.47. The summed E-state index contributed by atoms with van der Waals surface area (Å²) in [4.78, 5) is 23.4. The molecule has 0 bridgehead atoms. The van der Waals surface area contributed by atoms with Crippen LogP contribution in [-0.2, 0) is 16.1 Å². The number of amides is 2. The molecule has 0 saturated carbocycles. The van der Waals surface area contributed by atoms with Crippen molar-refractivity contribution in [3.05, 3.63) is 35.9 Å². The van der Waals surface area contributed by atoms with Crippen LogP contribution in [0.5, 0.6) is 0 Å². The van der Waals surface area contributed by atoms with Gasteiger partial charge in [0.2, 0.25) is 0 Å². The normalized spacial score (nSPS) is 12.4. The number of hydrogen-bond acceptors (Lipinski definition) is 3. The first-order chi connectivity index (χ1) is 9.28. The highest BCUT2D eigenvalue weighted by Gasteiger charge is 2.22. The summed E-state index contributed by atoms with van der Waals surface area (Å²) in [6, 6.07) is 8.46.